The standard InChI is InChI=1S/C10H15N3O/c11-10(12)13(6-7-14)8-9-4-2-1-3-5-9/h1-5,14H,6-8H2,(H3,11,12). The Morgan fingerprint density at radius 1 is 1.36 bits per heavy atom. The molecule has 0 saturated carbocycles. The van der Waals surface area contributed by atoms with Crippen LogP contribution in [-0.4, -0.2) is 29.1 Å². The van der Waals surface area contributed by atoms with Gasteiger partial charge in [-0.2, -0.15) is 0 Å². The summed E-state index contributed by atoms with van der Waals surface area (Å²) in [5.41, 5.74) is 6.45. The number of hydrogen-bond acceptors (Lipinski definition) is 2. The third-order valence-corrected chi connectivity index (χ3v) is 1.93. The van der Waals surface area contributed by atoms with E-state index >= 15 is 0 Å². The van der Waals surface area contributed by atoms with Gasteiger partial charge in [0.2, 0.25) is 0 Å². The number of rotatable bonds is 4. The molecule has 0 saturated heterocycles. The van der Waals surface area contributed by atoms with Gasteiger partial charge in [0.25, 0.3) is 0 Å². The van der Waals surface area contributed by atoms with E-state index in [1.54, 1.807) is 4.90 Å². The van der Waals surface area contributed by atoms with Crippen molar-refractivity contribution < 1.29 is 5.11 Å². The summed E-state index contributed by atoms with van der Waals surface area (Å²) in [6.45, 7) is 0.966. The lowest BCUT2D eigenvalue weighted by Crippen LogP contribution is -2.37. The van der Waals surface area contributed by atoms with Gasteiger partial charge in [0.15, 0.2) is 5.96 Å². The third-order valence-electron chi connectivity index (χ3n) is 1.93. The van der Waals surface area contributed by atoms with Gasteiger partial charge in [-0.05, 0) is 5.56 Å². The first-order valence-electron chi connectivity index (χ1n) is 4.48. The lowest BCUT2D eigenvalue weighted by atomic mass is 10.2. The Bertz CT molecular complexity index is 287. The van der Waals surface area contributed by atoms with Crippen molar-refractivity contribution in [3.05, 3.63) is 35.9 Å². The highest BCUT2D eigenvalue weighted by molar-refractivity contribution is 5.74. The first-order chi connectivity index (χ1) is 6.74. The van der Waals surface area contributed by atoms with Gasteiger partial charge in [0, 0.05) is 13.1 Å². The largest absolute Gasteiger partial charge is 0.395 e. The second kappa shape index (κ2) is 5.24. The molecule has 1 aromatic carbocycles. The van der Waals surface area contributed by atoms with Gasteiger partial charge in [-0.25, -0.2) is 0 Å². The van der Waals surface area contributed by atoms with Crippen molar-refractivity contribution in [2.45, 2.75) is 6.54 Å². The van der Waals surface area contributed by atoms with Crippen LogP contribution in [0.3, 0.4) is 0 Å². The molecule has 4 nitrogen and oxygen atoms in total. The SMILES string of the molecule is N=C(N)N(CCO)Cc1ccccc1. The molecule has 0 atom stereocenters. The monoisotopic (exact) mass is 193 g/mol. The molecule has 4 heteroatoms. The number of aliphatic hydroxyl groups excluding tert-OH is 1. The molecule has 76 valence electrons. The van der Waals surface area contributed by atoms with Crippen LogP contribution in [0.25, 0.3) is 0 Å². The molecular formula is C10H15N3O. The van der Waals surface area contributed by atoms with Gasteiger partial charge < -0.3 is 15.7 Å². The zero-order chi connectivity index (χ0) is 10.4. The van der Waals surface area contributed by atoms with Crippen molar-refractivity contribution in [1.29, 1.82) is 5.41 Å². The highest BCUT2D eigenvalue weighted by atomic mass is 16.3. The Morgan fingerprint density at radius 2 is 2.00 bits per heavy atom. The molecule has 0 fully saturated rings. The Kier molecular flexibility index (Phi) is 3.94. The summed E-state index contributed by atoms with van der Waals surface area (Å²) >= 11 is 0. The Morgan fingerprint density at radius 3 is 2.50 bits per heavy atom. The van der Waals surface area contributed by atoms with E-state index in [9.17, 15) is 0 Å². The molecule has 1 aromatic rings. The van der Waals surface area contributed by atoms with Crippen LogP contribution in [0.2, 0.25) is 0 Å². The van der Waals surface area contributed by atoms with Crippen LogP contribution in [-0.2, 0) is 6.54 Å². The minimum absolute atomic E-state index is 0.00636. The third kappa shape index (κ3) is 3.06. The average molecular weight is 193 g/mol. The molecule has 0 heterocycles. The minimum Gasteiger partial charge on any atom is -0.395 e. The molecule has 0 spiro atoms. The van der Waals surface area contributed by atoms with E-state index in [4.69, 9.17) is 16.2 Å². The van der Waals surface area contributed by atoms with Crippen LogP contribution in [0, 0.1) is 5.41 Å². The lowest BCUT2D eigenvalue weighted by Gasteiger charge is -2.21. The van der Waals surface area contributed by atoms with E-state index in [2.05, 4.69) is 0 Å². The fraction of sp³-hybridized carbons (Fsp3) is 0.300. The number of nitrogens with zero attached hydrogens (tertiary/aromatic N) is 1. The first-order valence-corrected chi connectivity index (χ1v) is 4.48. The van der Waals surface area contributed by atoms with Gasteiger partial charge in [-0.1, -0.05) is 30.3 Å². The molecule has 0 bridgehead atoms. The number of benzene rings is 1. The Labute approximate surface area is 83.5 Å². The van der Waals surface area contributed by atoms with Gasteiger partial charge in [0.1, 0.15) is 0 Å². The molecule has 0 aliphatic carbocycles. The molecule has 1 rings (SSSR count). The van der Waals surface area contributed by atoms with Crippen molar-refractivity contribution in [3.63, 3.8) is 0 Å². The molecule has 0 amide bonds. The number of aliphatic hydroxyl groups is 1. The van der Waals surface area contributed by atoms with Crippen LogP contribution in [0.1, 0.15) is 5.56 Å². The molecule has 0 radical (unpaired) electrons. The zero-order valence-corrected chi connectivity index (χ0v) is 7.98. The van der Waals surface area contributed by atoms with Crippen LogP contribution < -0.4 is 5.73 Å². The molecule has 0 aromatic heterocycles. The smallest absolute Gasteiger partial charge is 0.188 e. The maximum atomic E-state index is 8.77. The fourth-order valence-electron chi connectivity index (χ4n) is 1.21. The van der Waals surface area contributed by atoms with Crippen LogP contribution in [0.15, 0.2) is 30.3 Å². The summed E-state index contributed by atoms with van der Waals surface area (Å²) in [7, 11) is 0. The molecular weight excluding hydrogens is 178 g/mol. The Balaban J connectivity index is 2.60. The highest BCUT2D eigenvalue weighted by Gasteiger charge is 2.05. The number of nitrogens with one attached hydrogen (secondary N) is 1. The highest BCUT2D eigenvalue weighted by Crippen LogP contribution is 2.02. The van der Waals surface area contributed by atoms with Crippen molar-refractivity contribution in [3.8, 4) is 0 Å². The molecule has 0 aliphatic heterocycles. The lowest BCUT2D eigenvalue weighted by molar-refractivity contribution is 0.245. The number of nitrogens with two attached hydrogens (primary N) is 1. The van der Waals surface area contributed by atoms with Crippen LogP contribution in [0.5, 0.6) is 0 Å². The van der Waals surface area contributed by atoms with E-state index in [1.807, 2.05) is 30.3 Å². The van der Waals surface area contributed by atoms with Crippen LogP contribution in [0.4, 0.5) is 0 Å². The molecule has 0 aliphatic rings. The summed E-state index contributed by atoms with van der Waals surface area (Å²) in [5.74, 6) is -0.0112. The predicted octanol–water partition coefficient (Wildman–Crippen LogP) is 0.374. The van der Waals surface area contributed by atoms with E-state index in [1.165, 1.54) is 0 Å². The maximum Gasteiger partial charge on any atom is 0.188 e. The van der Waals surface area contributed by atoms with Crippen molar-refractivity contribution in [2.24, 2.45) is 5.73 Å². The van der Waals surface area contributed by atoms with Gasteiger partial charge in [0.05, 0.1) is 6.61 Å². The van der Waals surface area contributed by atoms with E-state index in [0.29, 0.717) is 13.1 Å². The summed E-state index contributed by atoms with van der Waals surface area (Å²) in [6.07, 6.45) is 0. The van der Waals surface area contributed by atoms with Crippen molar-refractivity contribution in [2.75, 3.05) is 13.2 Å². The normalized spacial score (nSPS) is 9.79. The van der Waals surface area contributed by atoms with Gasteiger partial charge in [-0.15, -0.1) is 0 Å². The number of guanidine groups is 1. The second-order valence-electron chi connectivity index (χ2n) is 3.02. The van der Waals surface area contributed by atoms with Crippen LogP contribution >= 0.6 is 0 Å². The summed E-state index contributed by atoms with van der Waals surface area (Å²) in [6, 6.07) is 9.74. The summed E-state index contributed by atoms with van der Waals surface area (Å²) in [4.78, 5) is 1.62. The number of hydrogen-bond donors (Lipinski definition) is 3. The summed E-state index contributed by atoms with van der Waals surface area (Å²) in [5, 5.41) is 16.1. The van der Waals surface area contributed by atoms with E-state index in [0.717, 1.165) is 5.56 Å². The average Bonchev–Trinajstić information content (AvgIpc) is 2.18. The van der Waals surface area contributed by atoms with Crippen molar-refractivity contribution in [1.82, 2.24) is 4.90 Å². The van der Waals surface area contributed by atoms with Crippen molar-refractivity contribution >= 4 is 5.96 Å². The van der Waals surface area contributed by atoms with Gasteiger partial charge >= 0.3 is 0 Å². The fourth-order valence-corrected chi connectivity index (χ4v) is 1.21. The first kappa shape index (κ1) is 10.5. The summed E-state index contributed by atoms with van der Waals surface area (Å²) < 4.78 is 0. The van der Waals surface area contributed by atoms with E-state index < -0.39 is 0 Å². The maximum absolute atomic E-state index is 8.77. The predicted molar refractivity (Wildman–Crippen MR) is 55.9 cm³/mol. The van der Waals surface area contributed by atoms with Gasteiger partial charge in [-0.3, -0.25) is 5.41 Å². The zero-order valence-electron chi connectivity index (χ0n) is 7.98. The molecule has 14 heavy (non-hydrogen) atoms. The topological polar surface area (TPSA) is 73.3 Å². The Hall–Kier alpha value is -1.55. The minimum atomic E-state index is -0.0112. The molecule has 4 N–H and O–H groups in total. The van der Waals surface area contributed by atoms with E-state index in [-0.39, 0.29) is 12.6 Å². The quantitative estimate of drug-likeness (QED) is 0.478. The molecule has 0 unspecified atom stereocenters. The second-order valence-corrected chi connectivity index (χ2v) is 3.02.